The lowest BCUT2D eigenvalue weighted by Crippen LogP contribution is -2.39. The number of alkyl halides is 3. The summed E-state index contributed by atoms with van der Waals surface area (Å²) in [7, 11) is 0. The first-order chi connectivity index (χ1) is 9.70. The summed E-state index contributed by atoms with van der Waals surface area (Å²) >= 11 is 6.13. The van der Waals surface area contributed by atoms with Crippen LogP contribution in [-0.4, -0.2) is 29.2 Å². The molecule has 0 aliphatic carbocycles. The molecule has 2 heterocycles. The maximum atomic E-state index is 12.7. The summed E-state index contributed by atoms with van der Waals surface area (Å²) < 4.78 is 38.2. The summed E-state index contributed by atoms with van der Waals surface area (Å²) in [5.74, 6) is 0.198. The van der Waals surface area contributed by atoms with Crippen molar-refractivity contribution >= 4 is 17.4 Å². The highest BCUT2D eigenvalue weighted by atomic mass is 35.5. The third-order valence-corrected chi connectivity index (χ3v) is 4.22. The number of aromatic nitrogens is 2. The Labute approximate surface area is 127 Å². The van der Waals surface area contributed by atoms with Crippen LogP contribution in [0.3, 0.4) is 0 Å². The lowest BCUT2D eigenvalue weighted by molar-refractivity contribution is -0.179. The number of hydrogen-bond acceptors (Lipinski definition) is 3. The molecule has 1 aromatic rings. The van der Waals surface area contributed by atoms with Crippen LogP contribution in [0.2, 0.25) is 5.15 Å². The van der Waals surface area contributed by atoms with Gasteiger partial charge in [0.05, 0.1) is 5.92 Å². The molecular formula is C14H19ClF3N3. The van der Waals surface area contributed by atoms with Crippen molar-refractivity contribution < 1.29 is 13.2 Å². The van der Waals surface area contributed by atoms with Crippen molar-refractivity contribution in [3.63, 3.8) is 0 Å². The molecule has 2 rings (SSSR count). The molecular weight excluding hydrogens is 303 g/mol. The maximum absolute atomic E-state index is 12.7. The highest BCUT2D eigenvalue weighted by Crippen LogP contribution is 2.36. The standard InChI is InChI=1S/C14H19ClF3N3/c1-8(2)12-19-11(15)9(3)13(20-12)21-6-4-10(5-7-21)14(16,17)18/h8,10H,4-7H2,1-3H3. The number of hydrogen-bond donors (Lipinski definition) is 0. The highest BCUT2D eigenvalue weighted by Gasteiger charge is 2.41. The average Bonchev–Trinajstić information content (AvgIpc) is 2.40. The molecule has 0 bridgehead atoms. The van der Waals surface area contributed by atoms with Crippen LogP contribution < -0.4 is 4.90 Å². The summed E-state index contributed by atoms with van der Waals surface area (Å²) in [5.41, 5.74) is 0.728. The smallest absolute Gasteiger partial charge is 0.356 e. The van der Waals surface area contributed by atoms with Crippen molar-refractivity contribution in [1.82, 2.24) is 9.97 Å². The molecule has 0 saturated carbocycles. The van der Waals surface area contributed by atoms with E-state index in [1.165, 1.54) is 0 Å². The van der Waals surface area contributed by atoms with Gasteiger partial charge in [0.25, 0.3) is 0 Å². The summed E-state index contributed by atoms with van der Waals surface area (Å²) in [5, 5.41) is 0.377. The normalized spacial score (nSPS) is 17.6. The van der Waals surface area contributed by atoms with E-state index in [4.69, 9.17) is 11.6 Å². The molecule has 21 heavy (non-hydrogen) atoms. The predicted octanol–water partition coefficient (Wildman–Crippen LogP) is 4.34. The van der Waals surface area contributed by atoms with Crippen LogP contribution in [0.5, 0.6) is 0 Å². The van der Waals surface area contributed by atoms with Gasteiger partial charge in [-0.1, -0.05) is 25.4 Å². The van der Waals surface area contributed by atoms with Crippen molar-refractivity contribution in [2.24, 2.45) is 5.92 Å². The Balaban J connectivity index is 2.20. The van der Waals surface area contributed by atoms with Crippen LogP contribution in [0.4, 0.5) is 19.0 Å². The Morgan fingerprint density at radius 2 is 1.76 bits per heavy atom. The number of rotatable bonds is 2. The molecule has 7 heteroatoms. The molecule has 1 aliphatic heterocycles. The molecule has 1 fully saturated rings. The van der Waals surface area contributed by atoms with Gasteiger partial charge in [0.15, 0.2) is 0 Å². The second-order valence-corrected chi connectivity index (χ2v) is 6.14. The number of piperidine rings is 1. The van der Waals surface area contributed by atoms with Crippen LogP contribution in [0.1, 0.15) is 44.0 Å². The molecule has 0 radical (unpaired) electrons. The maximum Gasteiger partial charge on any atom is 0.391 e. The fraction of sp³-hybridized carbons (Fsp3) is 0.714. The van der Waals surface area contributed by atoms with E-state index in [1.54, 1.807) is 6.92 Å². The lowest BCUT2D eigenvalue weighted by Gasteiger charge is -2.34. The van der Waals surface area contributed by atoms with Gasteiger partial charge in [-0.3, -0.25) is 0 Å². The first-order valence-electron chi connectivity index (χ1n) is 7.05. The van der Waals surface area contributed by atoms with Gasteiger partial charge in [0, 0.05) is 24.6 Å². The lowest BCUT2D eigenvalue weighted by atomic mass is 9.96. The van der Waals surface area contributed by atoms with Crippen molar-refractivity contribution in [2.75, 3.05) is 18.0 Å². The molecule has 1 saturated heterocycles. The average molecular weight is 322 g/mol. The van der Waals surface area contributed by atoms with Gasteiger partial charge >= 0.3 is 6.18 Å². The Morgan fingerprint density at radius 1 is 1.19 bits per heavy atom. The minimum atomic E-state index is -4.10. The summed E-state index contributed by atoms with van der Waals surface area (Å²) in [6.45, 7) is 6.41. The van der Waals surface area contributed by atoms with Crippen LogP contribution in [-0.2, 0) is 0 Å². The first kappa shape index (κ1) is 16.3. The molecule has 0 spiro atoms. The summed E-state index contributed by atoms with van der Waals surface area (Å²) in [6.07, 6.45) is -3.91. The second kappa shape index (κ2) is 5.99. The van der Waals surface area contributed by atoms with E-state index >= 15 is 0 Å². The van der Waals surface area contributed by atoms with Crippen LogP contribution in [0.15, 0.2) is 0 Å². The van der Waals surface area contributed by atoms with Gasteiger partial charge in [-0.2, -0.15) is 13.2 Å². The second-order valence-electron chi connectivity index (χ2n) is 5.78. The minimum absolute atomic E-state index is 0.0988. The van der Waals surface area contributed by atoms with Crippen LogP contribution in [0, 0.1) is 12.8 Å². The Bertz CT molecular complexity index is 509. The zero-order valence-corrected chi connectivity index (χ0v) is 13.1. The fourth-order valence-corrected chi connectivity index (χ4v) is 2.65. The Kier molecular flexibility index (Phi) is 4.66. The van der Waals surface area contributed by atoms with Crippen molar-refractivity contribution in [3.05, 3.63) is 16.5 Å². The molecule has 3 nitrogen and oxygen atoms in total. The van der Waals surface area contributed by atoms with E-state index in [0.717, 1.165) is 5.56 Å². The third kappa shape index (κ3) is 3.59. The fourth-order valence-electron chi connectivity index (χ4n) is 2.48. The summed E-state index contributed by atoms with van der Waals surface area (Å²) in [4.78, 5) is 10.6. The number of anilines is 1. The largest absolute Gasteiger partial charge is 0.391 e. The summed E-state index contributed by atoms with van der Waals surface area (Å²) in [6, 6.07) is 0. The van der Waals surface area contributed by atoms with E-state index in [2.05, 4.69) is 9.97 Å². The Morgan fingerprint density at radius 3 is 2.24 bits per heavy atom. The van der Waals surface area contributed by atoms with Crippen LogP contribution in [0.25, 0.3) is 0 Å². The topological polar surface area (TPSA) is 29.0 Å². The van der Waals surface area contributed by atoms with Crippen molar-refractivity contribution in [3.8, 4) is 0 Å². The van der Waals surface area contributed by atoms with Gasteiger partial charge in [0.2, 0.25) is 0 Å². The first-order valence-corrected chi connectivity index (χ1v) is 7.43. The Hall–Kier alpha value is -1.04. The predicted molar refractivity (Wildman–Crippen MR) is 76.9 cm³/mol. The number of halogens is 4. The van der Waals surface area contributed by atoms with Crippen molar-refractivity contribution in [2.45, 2.75) is 45.7 Å². The van der Waals surface area contributed by atoms with Crippen LogP contribution >= 0.6 is 11.6 Å². The minimum Gasteiger partial charge on any atom is -0.356 e. The van der Waals surface area contributed by atoms with E-state index < -0.39 is 12.1 Å². The van der Waals surface area contributed by atoms with E-state index in [9.17, 15) is 13.2 Å². The zero-order chi connectivity index (χ0) is 15.8. The van der Waals surface area contributed by atoms with Gasteiger partial charge in [0.1, 0.15) is 16.8 Å². The third-order valence-electron chi connectivity index (χ3n) is 3.85. The monoisotopic (exact) mass is 321 g/mol. The van der Waals surface area contributed by atoms with Gasteiger partial charge < -0.3 is 4.90 Å². The van der Waals surface area contributed by atoms with Gasteiger partial charge in [-0.15, -0.1) is 0 Å². The highest BCUT2D eigenvalue weighted by molar-refractivity contribution is 6.30. The SMILES string of the molecule is Cc1c(Cl)nc(C(C)C)nc1N1CCC(C(F)(F)F)CC1. The zero-order valence-electron chi connectivity index (χ0n) is 12.3. The molecule has 118 valence electrons. The molecule has 0 N–H and O–H groups in total. The molecule has 0 aromatic carbocycles. The molecule has 1 aromatic heterocycles. The van der Waals surface area contributed by atoms with E-state index in [1.807, 2.05) is 18.7 Å². The van der Waals surface area contributed by atoms with E-state index in [-0.39, 0.29) is 18.8 Å². The molecule has 0 unspecified atom stereocenters. The molecule has 0 amide bonds. The van der Waals surface area contributed by atoms with E-state index in [0.29, 0.717) is 29.9 Å². The van der Waals surface area contributed by atoms with Gasteiger partial charge in [-0.05, 0) is 19.8 Å². The molecule has 1 aliphatic rings. The quantitative estimate of drug-likeness (QED) is 0.759. The van der Waals surface area contributed by atoms with Crippen molar-refractivity contribution in [1.29, 1.82) is 0 Å². The number of nitrogens with zero attached hydrogens (tertiary/aromatic N) is 3. The molecule has 0 atom stereocenters. The van der Waals surface area contributed by atoms with Gasteiger partial charge in [-0.25, -0.2) is 9.97 Å².